The monoisotopic (exact) mass is 394 g/mol. The SMILES string of the molecule is CC(C)(C)Bc1ccc(Oc2ccc(Oc3ccc([SH](=O)=O)cc3)cc2)cc1. The standard InChI is InChI=1S/C22H23BO4S/c1-22(2,3)23-16-4-6-17(7-5-16)26-18-8-10-19(11-9-18)27-20-12-14-21(15-13-20)28(24)25/h4-15,23,28H,1-3H3. The highest BCUT2D eigenvalue weighted by Gasteiger charge is 2.13. The summed E-state index contributed by atoms with van der Waals surface area (Å²) in [5, 5.41) is 0.255. The van der Waals surface area contributed by atoms with Crippen LogP contribution < -0.4 is 14.9 Å². The molecule has 0 fully saturated rings. The van der Waals surface area contributed by atoms with Crippen molar-refractivity contribution < 1.29 is 17.9 Å². The van der Waals surface area contributed by atoms with E-state index in [9.17, 15) is 8.42 Å². The van der Waals surface area contributed by atoms with E-state index >= 15 is 0 Å². The van der Waals surface area contributed by atoms with E-state index in [0.29, 0.717) is 11.5 Å². The molecule has 3 aromatic carbocycles. The molecule has 0 saturated carbocycles. The predicted molar refractivity (Wildman–Crippen MR) is 115 cm³/mol. The van der Waals surface area contributed by atoms with Gasteiger partial charge >= 0.3 is 0 Å². The predicted octanol–water partition coefficient (Wildman–Crippen LogP) is 4.52. The molecule has 0 aliphatic rings. The minimum atomic E-state index is -2.58. The maximum Gasteiger partial charge on any atom is 0.168 e. The first-order chi connectivity index (χ1) is 13.3. The summed E-state index contributed by atoms with van der Waals surface area (Å²) in [7, 11) is -1.56. The Morgan fingerprint density at radius 3 is 1.36 bits per heavy atom. The Morgan fingerprint density at radius 1 is 0.643 bits per heavy atom. The quantitative estimate of drug-likeness (QED) is 0.493. The summed E-state index contributed by atoms with van der Waals surface area (Å²) >= 11 is 0. The zero-order chi connectivity index (χ0) is 20.1. The Morgan fingerprint density at radius 2 is 1.00 bits per heavy atom. The van der Waals surface area contributed by atoms with Gasteiger partial charge in [-0.05, 0) is 60.7 Å². The molecule has 0 radical (unpaired) electrons. The summed E-state index contributed by atoms with van der Waals surface area (Å²) in [4.78, 5) is 0.264. The molecular weight excluding hydrogens is 371 g/mol. The van der Waals surface area contributed by atoms with Crippen molar-refractivity contribution in [3.8, 4) is 23.0 Å². The Kier molecular flexibility index (Phi) is 6.10. The second-order valence-corrected chi connectivity index (χ2v) is 8.84. The Labute approximate surface area is 168 Å². The maximum atomic E-state index is 10.9. The molecule has 3 aromatic rings. The lowest BCUT2D eigenvalue weighted by atomic mass is 9.51. The second-order valence-electron chi connectivity index (χ2n) is 7.81. The minimum absolute atomic E-state index is 0.255. The molecule has 6 heteroatoms. The van der Waals surface area contributed by atoms with Gasteiger partial charge in [0.1, 0.15) is 23.0 Å². The molecule has 0 heterocycles. The van der Waals surface area contributed by atoms with E-state index in [0.717, 1.165) is 18.8 Å². The van der Waals surface area contributed by atoms with Crippen molar-refractivity contribution in [1.29, 1.82) is 0 Å². The first-order valence-corrected chi connectivity index (χ1v) is 10.3. The molecule has 0 spiro atoms. The summed E-state index contributed by atoms with van der Waals surface area (Å²) in [6.45, 7) is 6.67. The lowest BCUT2D eigenvalue weighted by Crippen LogP contribution is -2.22. The molecular formula is C22H23BO4S. The van der Waals surface area contributed by atoms with Crippen molar-refractivity contribution in [1.82, 2.24) is 0 Å². The van der Waals surface area contributed by atoms with Crippen LogP contribution >= 0.6 is 0 Å². The fourth-order valence-electron chi connectivity index (χ4n) is 2.77. The van der Waals surface area contributed by atoms with Crippen LogP contribution in [0.2, 0.25) is 5.31 Å². The van der Waals surface area contributed by atoms with E-state index < -0.39 is 10.7 Å². The molecule has 0 bridgehead atoms. The first kappa shape index (κ1) is 20.0. The number of thiol groups is 1. The van der Waals surface area contributed by atoms with E-state index in [1.807, 2.05) is 36.4 Å². The fraction of sp³-hybridized carbons (Fsp3) is 0.182. The summed E-state index contributed by atoms with van der Waals surface area (Å²) in [5.74, 6) is 2.72. The van der Waals surface area contributed by atoms with Gasteiger partial charge in [-0.3, -0.25) is 0 Å². The number of benzene rings is 3. The molecule has 0 aromatic heterocycles. The summed E-state index contributed by atoms with van der Waals surface area (Å²) in [5.41, 5.74) is 1.29. The van der Waals surface area contributed by atoms with Crippen molar-refractivity contribution >= 4 is 23.4 Å². The minimum Gasteiger partial charge on any atom is -0.457 e. The third-order valence-corrected chi connectivity index (χ3v) is 4.72. The van der Waals surface area contributed by atoms with Crippen LogP contribution in [0.5, 0.6) is 23.0 Å². The number of hydrogen-bond donors (Lipinski definition) is 1. The number of hydrogen-bond acceptors (Lipinski definition) is 4. The molecule has 0 atom stereocenters. The van der Waals surface area contributed by atoms with Crippen LogP contribution in [0.3, 0.4) is 0 Å². The van der Waals surface area contributed by atoms with E-state index in [2.05, 4.69) is 32.9 Å². The summed E-state index contributed by atoms with van der Waals surface area (Å²) < 4.78 is 33.5. The third kappa shape index (κ3) is 5.89. The van der Waals surface area contributed by atoms with Crippen molar-refractivity contribution in [3.05, 3.63) is 72.8 Å². The molecule has 0 saturated heterocycles. The topological polar surface area (TPSA) is 52.6 Å². The fourth-order valence-corrected chi connectivity index (χ4v) is 3.16. The van der Waals surface area contributed by atoms with Crippen LogP contribution in [0.1, 0.15) is 20.8 Å². The van der Waals surface area contributed by atoms with Gasteiger partial charge in [0.05, 0.1) is 4.90 Å². The van der Waals surface area contributed by atoms with Crippen molar-refractivity contribution in [2.75, 3.05) is 0 Å². The van der Waals surface area contributed by atoms with Gasteiger partial charge in [-0.2, -0.15) is 0 Å². The first-order valence-electron chi connectivity index (χ1n) is 9.08. The molecule has 0 amide bonds. The van der Waals surface area contributed by atoms with Crippen LogP contribution in [0.4, 0.5) is 0 Å². The van der Waals surface area contributed by atoms with Gasteiger partial charge in [0.15, 0.2) is 18.0 Å². The molecule has 0 aliphatic carbocycles. The van der Waals surface area contributed by atoms with Gasteiger partial charge in [-0.15, -0.1) is 0 Å². The Balaban J connectivity index is 1.61. The molecule has 0 unspecified atom stereocenters. The van der Waals surface area contributed by atoms with Crippen molar-refractivity contribution in [2.24, 2.45) is 0 Å². The average Bonchev–Trinajstić information content (AvgIpc) is 2.64. The lowest BCUT2D eigenvalue weighted by molar-refractivity contribution is 0.469. The maximum absolute atomic E-state index is 10.9. The van der Waals surface area contributed by atoms with Gasteiger partial charge < -0.3 is 9.47 Å². The normalized spacial score (nSPS) is 11.3. The van der Waals surface area contributed by atoms with Gasteiger partial charge in [0.25, 0.3) is 0 Å². The Hall–Kier alpha value is -2.73. The van der Waals surface area contributed by atoms with E-state index in [-0.39, 0.29) is 10.2 Å². The van der Waals surface area contributed by atoms with Gasteiger partial charge in [-0.25, -0.2) is 8.42 Å². The zero-order valence-corrected chi connectivity index (χ0v) is 17.1. The molecule has 3 rings (SSSR count). The van der Waals surface area contributed by atoms with Crippen LogP contribution in [-0.2, 0) is 10.7 Å². The molecule has 0 N–H and O–H groups in total. The zero-order valence-electron chi connectivity index (χ0n) is 16.2. The van der Waals surface area contributed by atoms with E-state index in [1.54, 1.807) is 12.1 Å². The van der Waals surface area contributed by atoms with Gasteiger partial charge in [0, 0.05) is 0 Å². The highest BCUT2D eigenvalue weighted by molar-refractivity contribution is 7.72. The molecule has 28 heavy (non-hydrogen) atoms. The van der Waals surface area contributed by atoms with E-state index in [1.165, 1.54) is 17.6 Å². The van der Waals surface area contributed by atoms with Crippen LogP contribution in [-0.4, -0.2) is 15.7 Å². The summed E-state index contributed by atoms with van der Waals surface area (Å²) in [6, 6.07) is 21.7. The molecule has 0 aliphatic heterocycles. The highest BCUT2D eigenvalue weighted by Crippen LogP contribution is 2.27. The number of rotatable bonds is 6. The van der Waals surface area contributed by atoms with Crippen molar-refractivity contribution in [3.63, 3.8) is 0 Å². The molecule has 144 valence electrons. The molecule has 4 nitrogen and oxygen atoms in total. The van der Waals surface area contributed by atoms with Gasteiger partial charge in [0.2, 0.25) is 0 Å². The van der Waals surface area contributed by atoms with Crippen molar-refractivity contribution in [2.45, 2.75) is 31.0 Å². The van der Waals surface area contributed by atoms with Crippen LogP contribution in [0.15, 0.2) is 77.7 Å². The van der Waals surface area contributed by atoms with E-state index in [4.69, 9.17) is 9.47 Å². The average molecular weight is 394 g/mol. The third-order valence-electron chi connectivity index (χ3n) is 4.00. The number of ether oxygens (including phenoxy) is 2. The van der Waals surface area contributed by atoms with Crippen LogP contribution in [0, 0.1) is 0 Å². The smallest absolute Gasteiger partial charge is 0.168 e. The second kappa shape index (κ2) is 8.53. The van der Waals surface area contributed by atoms with Crippen LogP contribution in [0.25, 0.3) is 0 Å². The highest BCUT2D eigenvalue weighted by atomic mass is 32.2. The Bertz CT molecular complexity index is 979. The summed E-state index contributed by atoms with van der Waals surface area (Å²) in [6.07, 6.45) is 0. The lowest BCUT2D eigenvalue weighted by Gasteiger charge is -2.16. The van der Waals surface area contributed by atoms with Gasteiger partial charge in [-0.1, -0.05) is 43.7 Å². The largest absolute Gasteiger partial charge is 0.457 e.